The normalized spacial score (nSPS) is 21.0. The van der Waals surface area contributed by atoms with Gasteiger partial charge in [-0.3, -0.25) is 4.57 Å². The van der Waals surface area contributed by atoms with E-state index in [9.17, 15) is 8.78 Å². The van der Waals surface area contributed by atoms with Crippen LogP contribution in [0.5, 0.6) is 0 Å². The fourth-order valence-electron chi connectivity index (χ4n) is 2.02. The van der Waals surface area contributed by atoms with E-state index in [1.54, 1.807) is 0 Å². The first kappa shape index (κ1) is 12.4. The molecule has 2 rings (SSSR count). The van der Waals surface area contributed by atoms with Crippen LogP contribution in [0.1, 0.15) is 25.2 Å². The first-order valence-corrected chi connectivity index (χ1v) is 5.85. The van der Waals surface area contributed by atoms with Gasteiger partial charge < -0.3 is 10.1 Å². The number of imidazole rings is 1. The maximum atomic E-state index is 12.5. The largest absolute Gasteiger partial charge is 0.373 e. The highest BCUT2D eigenvalue weighted by molar-refractivity contribution is 4.90. The van der Waals surface area contributed by atoms with Gasteiger partial charge in [0.1, 0.15) is 12.4 Å². The topological polar surface area (TPSA) is 39.1 Å². The SMILES string of the molecule is FC(F)n1ccnc1COCC1CCCNC1. The van der Waals surface area contributed by atoms with E-state index in [1.807, 2.05) is 0 Å². The Morgan fingerprint density at radius 2 is 2.47 bits per heavy atom. The highest BCUT2D eigenvalue weighted by Gasteiger charge is 2.15. The van der Waals surface area contributed by atoms with Crippen molar-refractivity contribution in [2.24, 2.45) is 5.92 Å². The van der Waals surface area contributed by atoms with Crippen molar-refractivity contribution in [1.29, 1.82) is 0 Å². The van der Waals surface area contributed by atoms with Crippen LogP contribution in [0.4, 0.5) is 8.78 Å². The molecule has 0 aromatic carbocycles. The third-order valence-corrected chi connectivity index (χ3v) is 2.94. The predicted octanol–water partition coefficient (Wildman–Crippen LogP) is 1.79. The molecular weight excluding hydrogens is 228 g/mol. The lowest BCUT2D eigenvalue weighted by molar-refractivity contribution is 0.0421. The summed E-state index contributed by atoms with van der Waals surface area (Å²) >= 11 is 0. The fraction of sp³-hybridized carbons (Fsp3) is 0.727. The minimum absolute atomic E-state index is 0.147. The van der Waals surface area contributed by atoms with E-state index >= 15 is 0 Å². The molecule has 6 heteroatoms. The Labute approximate surface area is 99.0 Å². The van der Waals surface area contributed by atoms with Crippen molar-refractivity contribution in [2.45, 2.75) is 26.0 Å². The number of alkyl halides is 2. The molecule has 1 aromatic rings. The molecule has 0 spiro atoms. The number of piperidine rings is 1. The lowest BCUT2D eigenvalue weighted by atomic mass is 10.0. The summed E-state index contributed by atoms with van der Waals surface area (Å²) in [4.78, 5) is 3.86. The molecule has 0 bridgehead atoms. The second kappa shape index (κ2) is 6.07. The minimum atomic E-state index is -2.55. The molecule has 1 aliphatic heterocycles. The summed E-state index contributed by atoms with van der Waals surface area (Å²) in [5.74, 6) is 0.766. The van der Waals surface area contributed by atoms with Crippen LogP contribution >= 0.6 is 0 Å². The molecule has 1 atom stereocenters. The van der Waals surface area contributed by atoms with Crippen LogP contribution in [0.25, 0.3) is 0 Å². The molecule has 4 nitrogen and oxygen atoms in total. The number of hydrogen-bond donors (Lipinski definition) is 1. The van der Waals surface area contributed by atoms with Crippen LogP contribution in [0.2, 0.25) is 0 Å². The second-order valence-electron chi connectivity index (χ2n) is 4.26. The Bertz CT molecular complexity index is 337. The van der Waals surface area contributed by atoms with E-state index in [0.717, 1.165) is 30.5 Å². The maximum absolute atomic E-state index is 12.5. The molecule has 17 heavy (non-hydrogen) atoms. The molecule has 1 aliphatic rings. The molecule has 1 fully saturated rings. The molecule has 0 amide bonds. The number of aromatic nitrogens is 2. The number of nitrogens with zero attached hydrogens (tertiary/aromatic N) is 2. The van der Waals surface area contributed by atoms with Gasteiger partial charge in [-0.15, -0.1) is 0 Å². The van der Waals surface area contributed by atoms with Crippen LogP contribution in [0.15, 0.2) is 12.4 Å². The summed E-state index contributed by atoms with van der Waals surface area (Å²) in [6, 6.07) is 0. The minimum Gasteiger partial charge on any atom is -0.373 e. The molecular formula is C11H17F2N3O. The zero-order valence-corrected chi connectivity index (χ0v) is 9.61. The molecule has 0 radical (unpaired) electrons. The number of ether oxygens (including phenoxy) is 1. The van der Waals surface area contributed by atoms with E-state index < -0.39 is 6.55 Å². The molecule has 2 heterocycles. The molecule has 96 valence electrons. The van der Waals surface area contributed by atoms with Gasteiger partial charge in [-0.25, -0.2) is 4.98 Å². The number of nitrogens with one attached hydrogen (secondary N) is 1. The molecule has 0 aliphatic carbocycles. The first-order chi connectivity index (χ1) is 8.27. The Hall–Kier alpha value is -1.01. The molecule has 1 N–H and O–H groups in total. The Morgan fingerprint density at radius 3 is 3.18 bits per heavy atom. The first-order valence-electron chi connectivity index (χ1n) is 5.85. The third kappa shape index (κ3) is 3.47. The van der Waals surface area contributed by atoms with E-state index in [4.69, 9.17) is 4.74 Å². The Kier molecular flexibility index (Phi) is 4.44. The molecule has 1 aromatic heterocycles. The van der Waals surface area contributed by atoms with Gasteiger partial charge >= 0.3 is 6.55 Å². The second-order valence-corrected chi connectivity index (χ2v) is 4.26. The third-order valence-electron chi connectivity index (χ3n) is 2.94. The average molecular weight is 245 g/mol. The zero-order chi connectivity index (χ0) is 12.1. The van der Waals surface area contributed by atoms with Gasteiger partial charge in [-0.1, -0.05) is 0 Å². The van der Waals surface area contributed by atoms with Gasteiger partial charge in [0.25, 0.3) is 0 Å². The number of halogens is 2. The van der Waals surface area contributed by atoms with Crippen molar-refractivity contribution >= 4 is 0 Å². The van der Waals surface area contributed by atoms with Crippen molar-refractivity contribution in [2.75, 3.05) is 19.7 Å². The van der Waals surface area contributed by atoms with Crippen LogP contribution in [0.3, 0.4) is 0 Å². The maximum Gasteiger partial charge on any atom is 0.320 e. The standard InChI is InChI=1S/C11H17F2N3O/c12-11(13)16-5-4-15-10(16)8-17-7-9-2-1-3-14-6-9/h4-5,9,11,14H,1-3,6-8H2. The monoisotopic (exact) mass is 245 g/mol. The number of rotatable bonds is 5. The summed E-state index contributed by atoms with van der Waals surface area (Å²) in [6.07, 6.45) is 4.93. The fourth-order valence-corrected chi connectivity index (χ4v) is 2.02. The van der Waals surface area contributed by atoms with Crippen molar-refractivity contribution in [3.05, 3.63) is 18.2 Å². The van der Waals surface area contributed by atoms with E-state index in [2.05, 4.69) is 10.3 Å². The summed E-state index contributed by atoms with van der Waals surface area (Å²) in [5.41, 5.74) is 0. The van der Waals surface area contributed by atoms with Gasteiger partial charge in [0.15, 0.2) is 0 Å². The highest BCUT2D eigenvalue weighted by Crippen LogP contribution is 2.14. The summed E-state index contributed by atoms with van der Waals surface area (Å²) in [5, 5.41) is 3.29. The molecule has 0 saturated carbocycles. The van der Waals surface area contributed by atoms with Gasteiger partial charge in [-0.05, 0) is 25.3 Å². The Balaban J connectivity index is 1.75. The van der Waals surface area contributed by atoms with E-state index in [-0.39, 0.29) is 12.4 Å². The van der Waals surface area contributed by atoms with E-state index in [0.29, 0.717) is 12.5 Å². The lowest BCUT2D eigenvalue weighted by Crippen LogP contribution is -2.32. The van der Waals surface area contributed by atoms with Gasteiger partial charge in [-0.2, -0.15) is 8.78 Å². The van der Waals surface area contributed by atoms with Gasteiger partial charge in [0, 0.05) is 18.9 Å². The van der Waals surface area contributed by atoms with Crippen molar-refractivity contribution in [3.8, 4) is 0 Å². The number of hydrogen-bond acceptors (Lipinski definition) is 3. The van der Waals surface area contributed by atoms with Gasteiger partial charge in [0.05, 0.1) is 6.61 Å². The van der Waals surface area contributed by atoms with Crippen molar-refractivity contribution < 1.29 is 13.5 Å². The van der Waals surface area contributed by atoms with Crippen LogP contribution in [-0.4, -0.2) is 29.2 Å². The van der Waals surface area contributed by atoms with Crippen molar-refractivity contribution in [1.82, 2.24) is 14.9 Å². The molecule has 1 saturated heterocycles. The van der Waals surface area contributed by atoms with Crippen LogP contribution < -0.4 is 5.32 Å². The predicted molar refractivity (Wildman–Crippen MR) is 58.7 cm³/mol. The molecule has 1 unspecified atom stereocenters. The average Bonchev–Trinajstić information content (AvgIpc) is 2.79. The van der Waals surface area contributed by atoms with Crippen LogP contribution in [-0.2, 0) is 11.3 Å². The van der Waals surface area contributed by atoms with Crippen molar-refractivity contribution in [3.63, 3.8) is 0 Å². The lowest BCUT2D eigenvalue weighted by Gasteiger charge is -2.22. The highest BCUT2D eigenvalue weighted by atomic mass is 19.3. The Morgan fingerprint density at radius 1 is 1.59 bits per heavy atom. The quantitative estimate of drug-likeness (QED) is 0.859. The summed E-state index contributed by atoms with van der Waals surface area (Å²) in [7, 11) is 0. The van der Waals surface area contributed by atoms with E-state index in [1.165, 1.54) is 12.4 Å². The zero-order valence-electron chi connectivity index (χ0n) is 9.61. The van der Waals surface area contributed by atoms with Crippen LogP contribution in [0, 0.1) is 5.92 Å². The van der Waals surface area contributed by atoms with Gasteiger partial charge in [0.2, 0.25) is 0 Å². The summed E-state index contributed by atoms with van der Waals surface area (Å²) in [6.45, 7) is 0.208. The summed E-state index contributed by atoms with van der Waals surface area (Å²) < 4.78 is 31.3. The smallest absolute Gasteiger partial charge is 0.320 e.